The van der Waals surface area contributed by atoms with Crippen LogP contribution in [0.4, 0.5) is 30.2 Å². The molecule has 4 atom stereocenters. The van der Waals surface area contributed by atoms with Crippen LogP contribution in [0.25, 0.3) is 16.7 Å². The highest BCUT2D eigenvalue weighted by Crippen LogP contribution is 2.41. The molecule has 0 radical (unpaired) electrons. The average Bonchev–Trinajstić information content (AvgIpc) is 4.16. The Balaban J connectivity index is 0.000000168. The summed E-state index contributed by atoms with van der Waals surface area (Å²) >= 11 is -5.66. The number of aryl methyl sites for hydroxylation is 1. The van der Waals surface area contributed by atoms with Gasteiger partial charge in [-0.15, -0.1) is 0 Å². The molecular formula is C53H70F3N9O9S3. The molecule has 77 heavy (non-hydrogen) atoms. The van der Waals surface area contributed by atoms with Crippen LogP contribution in [0.3, 0.4) is 0 Å². The largest absolute Gasteiger partial charge is 0.506 e. The number of halogens is 3. The second-order valence-corrected chi connectivity index (χ2v) is 24.4. The van der Waals surface area contributed by atoms with Crippen LogP contribution in [-0.4, -0.2) is 119 Å². The molecule has 9 rings (SSSR count). The number of nitrogens with zero attached hydrogens (tertiary/aromatic N) is 6. The first-order chi connectivity index (χ1) is 36.6. The van der Waals surface area contributed by atoms with Gasteiger partial charge in [0.05, 0.1) is 0 Å². The molecule has 24 heteroatoms. The SMILES string of the molecule is CC(C)CCN1CCC=C(c2ccc(O)c(N3CC(=O)NS3=O)c2F)C1.CC(C)CCN1CCCC(c2ccc(O)c(N3CC(=O)NS3=O)c2F)C1.CC(C)CCn1ccc(-c2ccc(O)c(N3CC(=O)NS3=O)c2F)c1. The monoisotopic (exact) mass is 1130 g/mol. The van der Waals surface area contributed by atoms with Crippen LogP contribution in [0, 0.1) is 35.2 Å². The number of likely N-dealkylation sites (tertiary alicyclic amines) is 1. The first kappa shape index (κ1) is 58.7. The van der Waals surface area contributed by atoms with Crippen molar-refractivity contribution in [3.63, 3.8) is 0 Å². The third-order valence-electron chi connectivity index (χ3n) is 13.7. The molecule has 4 unspecified atom stereocenters. The number of carbonyl (C=O) groups is 3. The van der Waals surface area contributed by atoms with Crippen molar-refractivity contribution in [3.8, 4) is 28.4 Å². The summed E-state index contributed by atoms with van der Waals surface area (Å²) in [4.78, 5) is 39.0. The van der Waals surface area contributed by atoms with Gasteiger partial charge in [0.15, 0.2) is 17.5 Å². The standard InChI is InChI=1S/C18H26FN3O3S.C18H24FN3O3S.C17H20FN3O3S/c2*1-12(2)7-9-21-8-3-4-13(10-21)14-5-6-15(23)18(17(14)19)22-11-16(24)20-26(22)25;1-11(2)5-7-20-8-6-12(9-20)13-3-4-14(22)17(16(13)18)21-10-15(23)19-25(21)24/h5-6,12-13,23H,3-4,7-11H2,1-2H3,(H,20,24);4-6,12,23H,3,7-11H2,1-2H3,(H,20,24);3-4,6,8-9,11,22H,5,7,10H2,1-2H3,(H,19,23). The first-order valence-corrected chi connectivity index (χ1v) is 29.2. The second-order valence-electron chi connectivity index (χ2n) is 21.0. The van der Waals surface area contributed by atoms with Crippen LogP contribution in [0.1, 0.15) is 97.1 Å². The van der Waals surface area contributed by atoms with Crippen LogP contribution >= 0.6 is 0 Å². The van der Waals surface area contributed by atoms with Crippen LogP contribution in [0.15, 0.2) is 60.9 Å². The summed E-state index contributed by atoms with van der Waals surface area (Å²) in [6.07, 6.45) is 11.6. The number of amides is 3. The lowest BCUT2D eigenvalue weighted by atomic mass is 9.89. The zero-order chi connectivity index (χ0) is 55.8. The van der Waals surface area contributed by atoms with E-state index in [1.54, 1.807) is 18.2 Å². The number of phenols is 3. The van der Waals surface area contributed by atoms with Crippen molar-refractivity contribution in [2.45, 2.75) is 92.5 Å². The smallest absolute Gasteiger partial charge is 0.253 e. The van der Waals surface area contributed by atoms with Gasteiger partial charge < -0.3 is 24.8 Å². The maximum Gasteiger partial charge on any atom is 0.253 e. The fourth-order valence-corrected chi connectivity index (χ4v) is 12.3. The first-order valence-electron chi connectivity index (χ1n) is 25.9. The molecule has 0 bridgehead atoms. The van der Waals surface area contributed by atoms with Crippen molar-refractivity contribution in [2.24, 2.45) is 17.8 Å². The highest BCUT2D eigenvalue weighted by atomic mass is 32.2. The van der Waals surface area contributed by atoms with E-state index >= 15 is 13.2 Å². The summed E-state index contributed by atoms with van der Waals surface area (Å²) in [7, 11) is 0. The topological polar surface area (TPSA) is 220 Å². The van der Waals surface area contributed by atoms with E-state index in [0.717, 1.165) is 96.3 Å². The molecule has 0 saturated carbocycles. The molecule has 420 valence electrons. The fourth-order valence-electron chi connectivity index (χ4n) is 9.52. The van der Waals surface area contributed by atoms with Crippen molar-refractivity contribution >= 4 is 73.9 Å². The number of hydrogen-bond donors (Lipinski definition) is 6. The van der Waals surface area contributed by atoms with E-state index in [9.17, 15) is 42.3 Å². The lowest BCUT2D eigenvalue weighted by molar-refractivity contribution is -0.118. The third-order valence-corrected chi connectivity index (χ3v) is 17.1. The highest BCUT2D eigenvalue weighted by molar-refractivity contribution is 7.86. The van der Waals surface area contributed by atoms with Gasteiger partial charge in [-0.2, -0.15) is 0 Å². The maximum atomic E-state index is 15.2. The molecule has 6 N–H and O–H groups in total. The summed E-state index contributed by atoms with van der Waals surface area (Å²) in [5, 5.41) is 30.2. The van der Waals surface area contributed by atoms with Gasteiger partial charge in [0.25, 0.3) is 17.7 Å². The van der Waals surface area contributed by atoms with Crippen LogP contribution in [0.5, 0.6) is 17.2 Å². The van der Waals surface area contributed by atoms with Gasteiger partial charge in [0.1, 0.15) is 53.9 Å². The van der Waals surface area contributed by atoms with Crippen molar-refractivity contribution < 1.29 is 55.5 Å². The number of anilines is 3. The Kier molecular flexibility index (Phi) is 19.9. The fraction of sp³-hybridized carbons (Fsp3) is 0.491. The summed E-state index contributed by atoms with van der Waals surface area (Å²) in [5.41, 5.74) is 2.11. The van der Waals surface area contributed by atoms with Gasteiger partial charge >= 0.3 is 0 Å². The summed E-state index contributed by atoms with van der Waals surface area (Å²) in [6.45, 7) is 18.4. The molecule has 4 fully saturated rings. The Morgan fingerprint density at radius 2 is 1.05 bits per heavy atom. The Hall–Kier alpha value is -5.95. The molecule has 4 aromatic rings. The number of aromatic nitrogens is 1. The minimum atomic E-state index is -1.90. The van der Waals surface area contributed by atoms with Gasteiger partial charge in [-0.25, -0.2) is 25.8 Å². The minimum Gasteiger partial charge on any atom is -0.506 e. The summed E-state index contributed by atoms with van der Waals surface area (Å²) in [6, 6.07) is 10.6. The van der Waals surface area contributed by atoms with Crippen LogP contribution in [-0.2, 0) is 54.4 Å². The molecule has 3 amide bonds. The van der Waals surface area contributed by atoms with E-state index in [1.807, 2.05) is 23.0 Å². The number of carbonyl (C=O) groups excluding carboxylic acids is 3. The van der Waals surface area contributed by atoms with Crippen molar-refractivity contribution in [1.82, 2.24) is 28.5 Å². The number of nitrogens with one attached hydrogen (secondary N) is 3. The molecule has 6 heterocycles. The predicted molar refractivity (Wildman–Crippen MR) is 294 cm³/mol. The quantitative estimate of drug-likeness (QED) is 0.0711. The van der Waals surface area contributed by atoms with Crippen molar-refractivity contribution in [2.75, 3.05) is 71.8 Å². The predicted octanol–water partition coefficient (Wildman–Crippen LogP) is 7.01. The molecule has 3 aromatic carbocycles. The lowest BCUT2D eigenvalue weighted by Crippen LogP contribution is -2.36. The molecule has 5 aliphatic rings. The van der Waals surface area contributed by atoms with E-state index in [2.05, 4.69) is 65.5 Å². The van der Waals surface area contributed by atoms with E-state index < -0.39 is 68.7 Å². The number of aromatic hydroxyl groups is 3. The van der Waals surface area contributed by atoms with E-state index in [4.69, 9.17) is 0 Å². The molecule has 4 saturated heterocycles. The number of hydrogen-bond acceptors (Lipinski definition) is 11. The Bertz CT molecular complexity index is 2920. The Morgan fingerprint density at radius 3 is 1.56 bits per heavy atom. The van der Waals surface area contributed by atoms with Crippen molar-refractivity contribution in [3.05, 3.63) is 89.5 Å². The van der Waals surface area contributed by atoms with Gasteiger partial charge in [-0.1, -0.05) is 53.7 Å². The second kappa shape index (κ2) is 26.1. The minimum absolute atomic E-state index is 0.0231. The van der Waals surface area contributed by atoms with E-state index in [-0.39, 0.29) is 65.4 Å². The average molecular weight is 1130 g/mol. The Labute approximate surface area is 455 Å². The van der Waals surface area contributed by atoms with Gasteiger partial charge in [-0.05, 0) is 129 Å². The summed E-state index contributed by atoms with van der Waals surface area (Å²) < 4.78 is 93.1. The molecule has 0 spiro atoms. The third kappa shape index (κ3) is 14.6. The number of rotatable bonds is 15. The van der Waals surface area contributed by atoms with Crippen LogP contribution < -0.4 is 27.1 Å². The molecule has 1 aromatic heterocycles. The van der Waals surface area contributed by atoms with Crippen molar-refractivity contribution in [1.29, 1.82) is 0 Å². The van der Waals surface area contributed by atoms with E-state index in [1.165, 1.54) is 24.3 Å². The zero-order valence-corrected chi connectivity index (χ0v) is 46.7. The van der Waals surface area contributed by atoms with Gasteiger partial charge in [-0.3, -0.25) is 46.4 Å². The molecular weight excluding hydrogens is 1060 g/mol. The normalized spacial score (nSPS) is 21.0. The number of piperidine rings is 1. The van der Waals surface area contributed by atoms with Gasteiger partial charge in [0, 0.05) is 55.3 Å². The van der Waals surface area contributed by atoms with Gasteiger partial charge in [0.2, 0.25) is 33.5 Å². The number of phenolic OH excluding ortho intramolecular Hbond substituents is 3. The van der Waals surface area contributed by atoms with E-state index in [0.29, 0.717) is 41.0 Å². The Morgan fingerprint density at radius 1 is 0.584 bits per heavy atom. The maximum absolute atomic E-state index is 15.2. The highest BCUT2D eigenvalue weighted by Gasteiger charge is 2.36. The summed E-state index contributed by atoms with van der Waals surface area (Å²) in [5.74, 6) is -2.49. The zero-order valence-electron chi connectivity index (χ0n) is 44.2. The number of benzene rings is 3. The molecule has 0 aliphatic carbocycles. The molecule has 18 nitrogen and oxygen atoms in total. The lowest BCUT2D eigenvalue weighted by Gasteiger charge is -2.34. The molecule has 5 aliphatic heterocycles. The van der Waals surface area contributed by atoms with Crippen LogP contribution in [0.2, 0.25) is 0 Å².